The molecule has 0 unspecified atom stereocenters. The van der Waals surface area contributed by atoms with Crippen LogP contribution in [0.5, 0.6) is 5.75 Å². The lowest BCUT2D eigenvalue weighted by Gasteiger charge is -2.04. The monoisotopic (exact) mass is 210 g/mol. The number of nitrogens with two attached hydrogens (primary N) is 1. The van der Waals surface area contributed by atoms with Crippen LogP contribution in [0.25, 0.3) is 0 Å². The van der Waals surface area contributed by atoms with Gasteiger partial charge < -0.3 is 10.5 Å². The first-order valence-electron chi connectivity index (χ1n) is 4.70. The largest absolute Gasteiger partial charge is 0.490 e. The quantitative estimate of drug-likeness (QED) is 0.590. The van der Waals surface area contributed by atoms with E-state index in [0.717, 1.165) is 18.4 Å². The molecule has 1 rings (SSSR count). The molecule has 0 saturated carbocycles. The average Bonchev–Trinajstić information content (AvgIpc) is 2.25. The minimum absolute atomic E-state index is 0.00556. The van der Waals surface area contributed by atoms with Gasteiger partial charge in [0, 0.05) is 6.07 Å². The van der Waals surface area contributed by atoms with Crippen LogP contribution in [0, 0.1) is 10.1 Å². The second kappa shape index (κ2) is 5.31. The van der Waals surface area contributed by atoms with Crippen molar-refractivity contribution >= 4 is 5.69 Å². The number of benzene rings is 1. The summed E-state index contributed by atoms with van der Waals surface area (Å²) >= 11 is 0. The molecule has 0 bridgehead atoms. The highest BCUT2D eigenvalue weighted by Gasteiger charge is 2.14. The lowest BCUT2D eigenvalue weighted by molar-refractivity contribution is -0.385. The molecule has 0 amide bonds. The summed E-state index contributed by atoms with van der Waals surface area (Å²) in [5.41, 5.74) is 6.38. The van der Waals surface area contributed by atoms with Crippen molar-refractivity contribution in [2.75, 3.05) is 13.7 Å². The molecule has 5 nitrogen and oxygen atoms in total. The highest BCUT2D eigenvalue weighted by atomic mass is 16.6. The van der Waals surface area contributed by atoms with E-state index in [1.54, 1.807) is 12.1 Å². The molecule has 1 aromatic carbocycles. The highest BCUT2D eigenvalue weighted by molar-refractivity contribution is 5.48. The summed E-state index contributed by atoms with van der Waals surface area (Å²) in [5, 5.41) is 10.6. The van der Waals surface area contributed by atoms with Crippen LogP contribution in [0.1, 0.15) is 12.0 Å². The standard InChI is InChI=1S/C10H14N2O3/c1-15-10-7-8(3-2-6-11)4-5-9(10)12(13)14/h4-5,7H,2-3,6,11H2,1H3. The molecular formula is C10H14N2O3. The summed E-state index contributed by atoms with van der Waals surface area (Å²) in [7, 11) is 1.43. The van der Waals surface area contributed by atoms with E-state index in [1.165, 1.54) is 13.2 Å². The molecule has 0 aliphatic rings. The maximum absolute atomic E-state index is 10.6. The van der Waals surface area contributed by atoms with Crippen molar-refractivity contribution in [3.8, 4) is 5.75 Å². The van der Waals surface area contributed by atoms with Crippen LogP contribution in [-0.4, -0.2) is 18.6 Å². The van der Waals surface area contributed by atoms with Crippen molar-refractivity contribution in [1.29, 1.82) is 0 Å². The zero-order chi connectivity index (χ0) is 11.3. The Labute approximate surface area is 88.0 Å². The predicted molar refractivity (Wildman–Crippen MR) is 57.0 cm³/mol. The third-order valence-electron chi connectivity index (χ3n) is 2.11. The fourth-order valence-electron chi connectivity index (χ4n) is 1.33. The second-order valence-electron chi connectivity index (χ2n) is 3.16. The molecule has 0 aromatic heterocycles. The lowest BCUT2D eigenvalue weighted by Crippen LogP contribution is -2.01. The van der Waals surface area contributed by atoms with E-state index in [2.05, 4.69) is 0 Å². The first-order chi connectivity index (χ1) is 7.19. The van der Waals surface area contributed by atoms with Gasteiger partial charge in [0.25, 0.3) is 0 Å². The van der Waals surface area contributed by atoms with Gasteiger partial charge in [-0.2, -0.15) is 0 Å². The van der Waals surface area contributed by atoms with Gasteiger partial charge in [0.15, 0.2) is 5.75 Å². The highest BCUT2D eigenvalue weighted by Crippen LogP contribution is 2.27. The van der Waals surface area contributed by atoms with Crippen LogP contribution < -0.4 is 10.5 Å². The Morgan fingerprint density at radius 2 is 2.27 bits per heavy atom. The summed E-state index contributed by atoms with van der Waals surface area (Å²) in [6.07, 6.45) is 1.67. The van der Waals surface area contributed by atoms with Crippen molar-refractivity contribution in [3.05, 3.63) is 33.9 Å². The molecule has 0 fully saturated rings. The molecule has 5 heteroatoms. The summed E-state index contributed by atoms with van der Waals surface area (Å²) in [4.78, 5) is 10.2. The van der Waals surface area contributed by atoms with E-state index in [0.29, 0.717) is 12.3 Å². The number of rotatable bonds is 5. The van der Waals surface area contributed by atoms with Crippen molar-refractivity contribution in [1.82, 2.24) is 0 Å². The Hall–Kier alpha value is -1.62. The summed E-state index contributed by atoms with van der Waals surface area (Å²) in [5.74, 6) is 0.300. The first kappa shape index (κ1) is 11.5. The molecule has 1 aromatic rings. The fraction of sp³-hybridized carbons (Fsp3) is 0.400. The van der Waals surface area contributed by atoms with E-state index in [9.17, 15) is 10.1 Å². The van der Waals surface area contributed by atoms with Crippen LogP contribution >= 0.6 is 0 Å². The SMILES string of the molecule is COc1cc(CCCN)ccc1[N+](=O)[O-]. The van der Waals surface area contributed by atoms with Gasteiger partial charge in [0.1, 0.15) is 0 Å². The van der Waals surface area contributed by atoms with Gasteiger partial charge in [-0.1, -0.05) is 6.07 Å². The van der Waals surface area contributed by atoms with Crippen LogP contribution in [0.4, 0.5) is 5.69 Å². The number of ether oxygens (including phenoxy) is 1. The average molecular weight is 210 g/mol. The van der Waals surface area contributed by atoms with Crippen LogP contribution in [-0.2, 0) is 6.42 Å². The van der Waals surface area contributed by atoms with Crippen LogP contribution in [0.2, 0.25) is 0 Å². The van der Waals surface area contributed by atoms with Crippen LogP contribution in [0.3, 0.4) is 0 Å². The molecule has 15 heavy (non-hydrogen) atoms. The number of nitro benzene ring substituents is 1. The third-order valence-corrected chi connectivity index (χ3v) is 2.11. The number of hydrogen-bond donors (Lipinski definition) is 1. The molecular weight excluding hydrogens is 196 g/mol. The molecule has 2 N–H and O–H groups in total. The van der Waals surface area contributed by atoms with Gasteiger partial charge >= 0.3 is 5.69 Å². The number of methoxy groups -OCH3 is 1. The summed E-state index contributed by atoms with van der Waals surface area (Å²) < 4.78 is 4.95. The van der Waals surface area contributed by atoms with Crippen molar-refractivity contribution < 1.29 is 9.66 Å². The Morgan fingerprint density at radius 1 is 1.53 bits per heavy atom. The van der Waals surface area contributed by atoms with Crippen molar-refractivity contribution in [2.24, 2.45) is 5.73 Å². The van der Waals surface area contributed by atoms with Gasteiger partial charge in [0.05, 0.1) is 12.0 Å². The summed E-state index contributed by atoms with van der Waals surface area (Å²) in [6, 6.07) is 4.88. The fourth-order valence-corrected chi connectivity index (χ4v) is 1.33. The van der Waals surface area contributed by atoms with Crippen LogP contribution in [0.15, 0.2) is 18.2 Å². The molecule has 0 aliphatic carbocycles. The number of hydrogen-bond acceptors (Lipinski definition) is 4. The van der Waals surface area contributed by atoms with E-state index in [4.69, 9.17) is 10.5 Å². The zero-order valence-corrected chi connectivity index (χ0v) is 8.60. The third kappa shape index (κ3) is 2.92. The summed E-state index contributed by atoms with van der Waals surface area (Å²) in [6.45, 7) is 0.610. The van der Waals surface area contributed by atoms with E-state index >= 15 is 0 Å². The normalized spacial score (nSPS) is 10.0. The van der Waals surface area contributed by atoms with E-state index in [1.807, 2.05) is 0 Å². The molecule has 0 spiro atoms. The maximum Gasteiger partial charge on any atom is 0.310 e. The molecule has 0 saturated heterocycles. The Morgan fingerprint density at radius 3 is 2.80 bits per heavy atom. The van der Waals surface area contributed by atoms with Crippen molar-refractivity contribution in [3.63, 3.8) is 0 Å². The Balaban J connectivity index is 2.92. The van der Waals surface area contributed by atoms with Gasteiger partial charge in [0.2, 0.25) is 0 Å². The predicted octanol–water partition coefficient (Wildman–Crippen LogP) is 1.49. The molecule has 0 aliphatic heterocycles. The number of aryl methyl sites for hydroxylation is 1. The van der Waals surface area contributed by atoms with Gasteiger partial charge in [-0.05, 0) is 31.0 Å². The van der Waals surface area contributed by atoms with Gasteiger partial charge in [-0.25, -0.2) is 0 Å². The Kier molecular flexibility index (Phi) is 4.05. The lowest BCUT2D eigenvalue weighted by atomic mass is 10.1. The topological polar surface area (TPSA) is 78.4 Å². The smallest absolute Gasteiger partial charge is 0.310 e. The number of nitro groups is 1. The van der Waals surface area contributed by atoms with E-state index in [-0.39, 0.29) is 5.69 Å². The second-order valence-corrected chi connectivity index (χ2v) is 3.16. The number of nitrogens with zero attached hydrogens (tertiary/aromatic N) is 1. The minimum atomic E-state index is -0.453. The maximum atomic E-state index is 10.6. The molecule has 0 atom stereocenters. The first-order valence-corrected chi connectivity index (χ1v) is 4.70. The molecule has 0 heterocycles. The Bertz CT molecular complexity index is 353. The minimum Gasteiger partial charge on any atom is -0.490 e. The van der Waals surface area contributed by atoms with Gasteiger partial charge in [-0.15, -0.1) is 0 Å². The van der Waals surface area contributed by atoms with E-state index < -0.39 is 4.92 Å². The molecule has 82 valence electrons. The molecule has 0 radical (unpaired) electrons. The van der Waals surface area contributed by atoms with Gasteiger partial charge in [-0.3, -0.25) is 10.1 Å². The van der Waals surface area contributed by atoms with Crippen molar-refractivity contribution in [2.45, 2.75) is 12.8 Å². The zero-order valence-electron chi connectivity index (χ0n) is 8.60.